The number of aromatic nitrogens is 2. The van der Waals surface area contributed by atoms with Gasteiger partial charge in [-0.15, -0.1) is 0 Å². The lowest BCUT2D eigenvalue weighted by Crippen LogP contribution is -2.05. The van der Waals surface area contributed by atoms with Crippen molar-refractivity contribution in [2.24, 2.45) is 0 Å². The SMILES string of the molecule is CCC(Br)c1nc(C(OC)c2ccccc2)no1. The van der Waals surface area contributed by atoms with Crippen molar-refractivity contribution in [1.82, 2.24) is 10.1 Å². The van der Waals surface area contributed by atoms with Crippen LogP contribution in [0, 0.1) is 0 Å². The van der Waals surface area contributed by atoms with Gasteiger partial charge in [-0.3, -0.25) is 0 Å². The first kappa shape index (κ1) is 13.2. The summed E-state index contributed by atoms with van der Waals surface area (Å²) in [6.07, 6.45) is 0.602. The van der Waals surface area contributed by atoms with Gasteiger partial charge in [0.05, 0.1) is 4.83 Å². The summed E-state index contributed by atoms with van der Waals surface area (Å²) in [4.78, 5) is 4.47. The maximum atomic E-state index is 5.45. The second-order valence-electron chi connectivity index (χ2n) is 3.89. The maximum absolute atomic E-state index is 5.45. The zero-order valence-electron chi connectivity index (χ0n) is 10.3. The van der Waals surface area contributed by atoms with Crippen molar-refractivity contribution >= 4 is 15.9 Å². The highest BCUT2D eigenvalue weighted by atomic mass is 79.9. The zero-order valence-corrected chi connectivity index (χ0v) is 11.9. The zero-order chi connectivity index (χ0) is 13.0. The monoisotopic (exact) mass is 310 g/mol. The first-order valence-corrected chi connectivity index (χ1v) is 6.73. The smallest absolute Gasteiger partial charge is 0.240 e. The van der Waals surface area contributed by atoms with Crippen LogP contribution in [-0.4, -0.2) is 17.3 Å². The van der Waals surface area contributed by atoms with Gasteiger partial charge in [-0.2, -0.15) is 4.98 Å². The molecule has 0 saturated carbocycles. The minimum Gasteiger partial charge on any atom is -0.369 e. The van der Waals surface area contributed by atoms with E-state index < -0.39 is 0 Å². The Morgan fingerprint density at radius 2 is 2.06 bits per heavy atom. The van der Waals surface area contributed by atoms with Crippen molar-refractivity contribution in [3.63, 3.8) is 0 Å². The predicted molar refractivity (Wildman–Crippen MR) is 71.6 cm³/mol. The van der Waals surface area contributed by atoms with E-state index in [0.717, 1.165) is 12.0 Å². The molecule has 0 amide bonds. The van der Waals surface area contributed by atoms with Crippen molar-refractivity contribution in [2.75, 3.05) is 7.11 Å². The van der Waals surface area contributed by atoms with E-state index in [1.807, 2.05) is 37.3 Å². The second kappa shape index (κ2) is 6.11. The molecule has 0 spiro atoms. The molecule has 0 aliphatic rings. The van der Waals surface area contributed by atoms with Crippen LogP contribution < -0.4 is 0 Å². The van der Waals surface area contributed by atoms with E-state index in [4.69, 9.17) is 9.26 Å². The van der Waals surface area contributed by atoms with Crippen LogP contribution in [0.5, 0.6) is 0 Å². The Hall–Kier alpha value is -1.20. The molecule has 1 aromatic carbocycles. The third kappa shape index (κ3) is 2.79. The Balaban J connectivity index is 2.26. The maximum Gasteiger partial charge on any atom is 0.240 e. The molecule has 0 fully saturated rings. The molecule has 0 N–H and O–H groups in total. The van der Waals surface area contributed by atoms with E-state index in [0.29, 0.717) is 11.7 Å². The first-order chi connectivity index (χ1) is 8.76. The Morgan fingerprint density at radius 1 is 1.33 bits per heavy atom. The fraction of sp³-hybridized carbons (Fsp3) is 0.385. The van der Waals surface area contributed by atoms with Gasteiger partial charge >= 0.3 is 0 Å². The summed E-state index contributed by atoms with van der Waals surface area (Å²) in [6, 6.07) is 9.85. The third-order valence-electron chi connectivity index (χ3n) is 2.66. The highest BCUT2D eigenvalue weighted by Gasteiger charge is 2.21. The highest BCUT2D eigenvalue weighted by molar-refractivity contribution is 9.09. The van der Waals surface area contributed by atoms with E-state index in [2.05, 4.69) is 26.1 Å². The lowest BCUT2D eigenvalue weighted by Gasteiger charge is -2.10. The summed E-state index contributed by atoms with van der Waals surface area (Å²) in [5, 5.41) is 3.99. The molecule has 0 bridgehead atoms. The molecular weight excluding hydrogens is 296 g/mol. The number of ether oxygens (including phenoxy) is 1. The van der Waals surface area contributed by atoms with E-state index in [-0.39, 0.29) is 10.9 Å². The van der Waals surface area contributed by atoms with Crippen LogP contribution in [0.15, 0.2) is 34.9 Å². The molecule has 2 aromatic rings. The van der Waals surface area contributed by atoms with Crippen molar-refractivity contribution in [3.05, 3.63) is 47.6 Å². The predicted octanol–water partition coefficient (Wildman–Crippen LogP) is 3.65. The Morgan fingerprint density at radius 3 is 2.67 bits per heavy atom. The number of nitrogens with zero attached hydrogens (tertiary/aromatic N) is 2. The molecule has 1 heterocycles. The molecule has 0 aliphatic heterocycles. The van der Waals surface area contributed by atoms with Crippen LogP contribution in [-0.2, 0) is 4.74 Å². The molecule has 5 heteroatoms. The number of benzene rings is 1. The molecule has 0 saturated heterocycles. The second-order valence-corrected chi connectivity index (χ2v) is 5.00. The Kier molecular flexibility index (Phi) is 4.49. The van der Waals surface area contributed by atoms with Gasteiger partial charge in [0.1, 0.15) is 6.10 Å². The van der Waals surface area contributed by atoms with Crippen molar-refractivity contribution in [2.45, 2.75) is 24.3 Å². The van der Waals surface area contributed by atoms with Crippen molar-refractivity contribution in [3.8, 4) is 0 Å². The summed E-state index contributed by atoms with van der Waals surface area (Å²) in [5.74, 6) is 1.14. The standard InChI is InChI=1S/C13H15BrN2O2/c1-3-10(14)13-15-12(16-18-13)11(17-2)9-7-5-4-6-8-9/h4-8,10-11H,3H2,1-2H3. The Bertz CT molecular complexity index is 487. The molecule has 2 unspecified atom stereocenters. The summed E-state index contributed by atoms with van der Waals surface area (Å²) in [5.41, 5.74) is 1.01. The Labute approximate surface area is 114 Å². The minimum atomic E-state index is -0.291. The van der Waals surface area contributed by atoms with Crippen LogP contribution >= 0.6 is 15.9 Å². The van der Waals surface area contributed by atoms with Gasteiger partial charge in [0.2, 0.25) is 11.7 Å². The topological polar surface area (TPSA) is 48.2 Å². The van der Waals surface area contributed by atoms with Gasteiger partial charge in [-0.25, -0.2) is 0 Å². The van der Waals surface area contributed by atoms with Gasteiger partial charge < -0.3 is 9.26 Å². The lowest BCUT2D eigenvalue weighted by molar-refractivity contribution is 0.126. The van der Waals surface area contributed by atoms with Gasteiger partial charge in [-0.1, -0.05) is 58.3 Å². The van der Waals surface area contributed by atoms with Gasteiger partial charge in [-0.05, 0) is 12.0 Å². The first-order valence-electron chi connectivity index (χ1n) is 5.81. The third-order valence-corrected chi connectivity index (χ3v) is 3.70. The molecule has 2 atom stereocenters. The van der Waals surface area contributed by atoms with Gasteiger partial charge in [0.15, 0.2) is 0 Å². The number of hydrogen-bond donors (Lipinski definition) is 0. The number of halogens is 1. The largest absolute Gasteiger partial charge is 0.369 e. The lowest BCUT2D eigenvalue weighted by atomic mass is 10.1. The molecule has 18 heavy (non-hydrogen) atoms. The highest BCUT2D eigenvalue weighted by Crippen LogP contribution is 2.28. The average Bonchev–Trinajstić information content (AvgIpc) is 2.89. The molecule has 1 aromatic heterocycles. The fourth-order valence-electron chi connectivity index (χ4n) is 1.67. The summed E-state index contributed by atoms with van der Waals surface area (Å²) < 4.78 is 10.7. The summed E-state index contributed by atoms with van der Waals surface area (Å²) in [6.45, 7) is 2.05. The van der Waals surface area contributed by atoms with Gasteiger partial charge in [0.25, 0.3) is 0 Å². The number of alkyl halides is 1. The molecule has 2 rings (SSSR count). The number of hydrogen-bond acceptors (Lipinski definition) is 4. The fourth-order valence-corrected chi connectivity index (χ4v) is 1.86. The summed E-state index contributed by atoms with van der Waals surface area (Å²) >= 11 is 3.49. The minimum absolute atomic E-state index is 0.0898. The van der Waals surface area contributed by atoms with E-state index in [1.165, 1.54) is 0 Å². The number of rotatable bonds is 5. The van der Waals surface area contributed by atoms with E-state index >= 15 is 0 Å². The molecule has 0 radical (unpaired) electrons. The normalized spacial score (nSPS) is 14.4. The van der Waals surface area contributed by atoms with Crippen molar-refractivity contribution < 1.29 is 9.26 Å². The molecule has 4 nitrogen and oxygen atoms in total. The molecule has 0 aliphatic carbocycles. The van der Waals surface area contributed by atoms with Crippen LogP contribution in [0.4, 0.5) is 0 Å². The van der Waals surface area contributed by atoms with E-state index in [1.54, 1.807) is 7.11 Å². The van der Waals surface area contributed by atoms with E-state index in [9.17, 15) is 0 Å². The van der Waals surface area contributed by atoms with Crippen molar-refractivity contribution in [1.29, 1.82) is 0 Å². The quantitative estimate of drug-likeness (QED) is 0.791. The average molecular weight is 311 g/mol. The van der Waals surface area contributed by atoms with Crippen LogP contribution in [0.3, 0.4) is 0 Å². The van der Waals surface area contributed by atoms with Crippen LogP contribution in [0.25, 0.3) is 0 Å². The number of methoxy groups -OCH3 is 1. The summed E-state index contributed by atoms with van der Waals surface area (Å²) in [7, 11) is 1.64. The molecular formula is C13H15BrN2O2. The van der Waals surface area contributed by atoms with Crippen LogP contribution in [0.2, 0.25) is 0 Å². The molecule has 96 valence electrons. The van der Waals surface area contributed by atoms with Gasteiger partial charge in [0, 0.05) is 7.11 Å². The van der Waals surface area contributed by atoms with Crippen LogP contribution in [0.1, 0.15) is 41.6 Å².